The normalized spacial score (nSPS) is 26.8. The summed E-state index contributed by atoms with van der Waals surface area (Å²) in [5, 5.41) is 72.1. The first-order valence-electron chi connectivity index (χ1n) is 25.6. The van der Waals surface area contributed by atoms with Crippen LogP contribution in [0.25, 0.3) is 0 Å². The average Bonchev–Trinajstić information content (AvgIpc) is 3.30. The van der Waals surface area contributed by atoms with Crippen molar-refractivity contribution in [3.8, 4) is 0 Å². The number of ether oxygens (including phenoxy) is 6. The minimum atomic E-state index is -1.71. The fourth-order valence-electron chi connectivity index (χ4n) is 7.90. The van der Waals surface area contributed by atoms with Crippen molar-refractivity contribution in [3.63, 3.8) is 0 Å². The number of carbonyl (C=O) groups excluding carboxylic acids is 1. The van der Waals surface area contributed by atoms with Crippen LogP contribution in [0.5, 0.6) is 0 Å². The van der Waals surface area contributed by atoms with Gasteiger partial charge in [0.2, 0.25) is 0 Å². The van der Waals surface area contributed by atoms with E-state index >= 15 is 0 Å². The molecule has 11 atom stereocenters. The van der Waals surface area contributed by atoms with E-state index in [1.807, 2.05) is 0 Å². The van der Waals surface area contributed by atoms with E-state index < -0.39 is 80.7 Å². The molecule has 0 aromatic rings. The Morgan fingerprint density at radius 2 is 0.954 bits per heavy atom. The van der Waals surface area contributed by atoms with Crippen LogP contribution in [0.3, 0.4) is 0 Å². The summed E-state index contributed by atoms with van der Waals surface area (Å²) in [4.78, 5) is 13.0. The first kappa shape index (κ1) is 59.3. The molecule has 2 heterocycles. The van der Waals surface area contributed by atoms with Gasteiger partial charge in [-0.3, -0.25) is 4.79 Å². The van der Waals surface area contributed by atoms with Gasteiger partial charge >= 0.3 is 5.97 Å². The van der Waals surface area contributed by atoms with Crippen LogP contribution in [0.1, 0.15) is 181 Å². The van der Waals surface area contributed by atoms with Crippen molar-refractivity contribution in [2.75, 3.05) is 33.0 Å². The fourth-order valence-corrected chi connectivity index (χ4v) is 7.90. The largest absolute Gasteiger partial charge is 0.457 e. The highest BCUT2D eigenvalue weighted by Gasteiger charge is 2.47. The lowest BCUT2D eigenvalue weighted by Gasteiger charge is -2.42. The van der Waals surface area contributed by atoms with Crippen molar-refractivity contribution in [1.82, 2.24) is 0 Å². The van der Waals surface area contributed by atoms with Gasteiger partial charge in [-0.1, -0.05) is 140 Å². The van der Waals surface area contributed by atoms with E-state index in [9.17, 15) is 40.5 Å². The molecule has 0 amide bonds. The highest BCUT2D eigenvalue weighted by atomic mass is 16.7. The van der Waals surface area contributed by atoms with E-state index in [2.05, 4.69) is 50.3 Å². The molecule has 0 aromatic heterocycles. The molecule has 14 nitrogen and oxygen atoms in total. The molecular formula is C51H92O14. The summed E-state index contributed by atoms with van der Waals surface area (Å²) in [7, 11) is 0. The second-order valence-electron chi connectivity index (χ2n) is 18.0. The third-order valence-corrected chi connectivity index (χ3v) is 12.1. The molecular weight excluding hydrogens is 837 g/mol. The molecule has 14 heteroatoms. The van der Waals surface area contributed by atoms with Crippen LogP contribution in [0.4, 0.5) is 0 Å². The molecule has 0 aliphatic carbocycles. The van der Waals surface area contributed by atoms with Crippen LogP contribution in [0.2, 0.25) is 0 Å². The summed E-state index contributed by atoms with van der Waals surface area (Å²) in [6.45, 7) is 3.62. The highest BCUT2D eigenvalue weighted by Crippen LogP contribution is 2.26. The number of rotatable bonds is 40. The predicted octanol–water partition coefficient (Wildman–Crippen LogP) is 7.41. The summed E-state index contributed by atoms with van der Waals surface area (Å²) < 4.78 is 34.2. The zero-order valence-electron chi connectivity index (χ0n) is 40.2. The second-order valence-corrected chi connectivity index (χ2v) is 18.0. The summed E-state index contributed by atoms with van der Waals surface area (Å²) >= 11 is 0. The molecule has 0 aromatic carbocycles. The van der Waals surface area contributed by atoms with Gasteiger partial charge in [0.25, 0.3) is 0 Å². The summed E-state index contributed by atoms with van der Waals surface area (Å²) in [5.41, 5.74) is 0. The SMILES string of the molecule is CCCCC/C=C\C/C=C\CCCCCCCCCCOCC(COC1OC(COC2OC(CO)C(O)C(O)C2O)C(O)C(O)C1O)OC(=O)CCCCCCC/C=C\CCCCCC. The Hall–Kier alpha value is -1.79. The molecule has 65 heavy (non-hydrogen) atoms. The van der Waals surface area contributed by atoms with Gasteiger partial charge in [-0.2, -0.15) is 0 Å². The molecule has 2 aliphatic rings. The van der Waals surface area contributed by atoms with Crippen molar-refractivity contribution < 1.29 is 69.0 Å². The zero-order valence-corrected chi connectivity index (χ0v) is 40.2. The molecule has 2 aliphatic heterocycles. The molecule has 0 saturated carbocycles. The Balaban J connectivity index is 1.77. The second kappa shape index (κ2) is 39.1. The van der Waals surface area contributed by atoms with Crippen LogP contribution < -0.4 is 0 Å². The molecule has 0 spiro atoms. The maximum absolute atomic E-state index is 13.0. The first-order chi connectivity index (χ1) is 31.6. The maximum Gasteiger partial charge on any atom is 0.306 e. The van der Waals surface area contributed by atoms with E-state index in [-0.39, 0.29) is 25.6 Å². The zero-order chi connectivity index (χ0) is 47.3. The number of esters is 1. The summed E-state index contributed by atoms with van der Waals surface area (Å²) in [6.07, 6.45) is 26.3. The lowest BCUT2D eigenvalue weighted by atomic mass is 9.98. The Kier molecular flexibility index (Phi) is 35.7. The third kappa shape index (κ3) is 27.1. The molecule has 0 radical (unpaired) electrons. The minimum Gasteiger partial charge on any atom is -0.457 e. The van der Waals surface area contributed by atoms with Gasteiger partial charge in [0, 0.05) is 13.0 Å². The van der Waals surface area contributed by atoms with Gasteiger partial charge < -0.3 is 64.2 Å². The van der Waals surface area contributed by atoms with Crippen LogP contribution in [-0.4, -0.2) is 142 Å². The van der Waals surface area contributed by atoms with E-state index in [0.29, 0.717) is 13.0 Å². The van der Waals surface area contributed by atoms with Gasteiger partial charge in [0.15, 0.2) is 12.6 Å². The van der Waals surface area contributed by atoms with E-state index in [0.717, 1.165) is 70.6 Å². The molecule has 2 fully saturated rings. The number of carbonyl (C=O) groups is 1. The van der Waals surface area contributed by atoms with Gasteiger partial charge in [-0.15, -0.1) is 0 Å². The average molecular weight is 929 g/mol. The van der Waals surface area contributed by atoms with Gasteiger partial charge in [-0.05, 0) is 70.6 Å². The Bertz CT molecular complexity index is 1220. The van der Waals surface area contributed by atoms with Crippen molar-refractivity contribution in [2.45, 2.75) is 248 Å². The van der Waals surface area contributed by atoms with Crippen LogP contribution in [0, 0.1) is 0 Å². The number of unbranched alkanes of at least 4 members (excludes halogenated alkanes) is 20. The van der Waals surface area contributed by atoms with Gasteiger partial charge in [0.1, 0.15) is 54.9 Å². The maximum atomic E-state index is 13.0. The van der Waals surface area contributed by atoms with Crippen LogP contribution in [-0.2, 0) is 33.2 Å². The van der Waals surface area contributed by atoms with E-state index in [1.54, 1.807) is 0 Å². The van der Waals surface area contributed by atoms with E-state index in [1.165, 1.54) is 83.5 Å². The standard InChI is InChI=1S/C51H92O14/c1-3-5-7-9-11-13-15-17-18-19-20-21-23-25-27-29-31-33-35-60-37-40(63-43(53)34-32-30-28-26-24-22-16-14-12-10-8-6-4-2)38-61-50-49(59)47(57)45(55)42(65-50)39-62-51-48(58)46(56)44(54)41(36-52)64-51/h11,13-14,16-18,40-42,44-52,54-59H,3-10,12,15,19-39H2,1-2H3/b13-11-,16-14-,18-17-. The summed E-state index contributed by atoms with van der Waals surface area (Å²) in [5.74, 6) is -0.388. The van der Waals surface area contributed by atoms with E-state index in [4.69, 9.17) is 28.4 Å². The van der Waals surface area contributed by atoms with Gasteiger partial charge in [-0.25, -0.2) is 0 Å². The Labute approximate surface area is 391 Å². The quantitative estimate of drug-likeness (QED) is 0.0181. The molecule has 7 N–H and O–H groups in total. The number of aliphatic hydroxyl groups excluding tert-OH is 7. The molecule has 0 bridgehead atoms. The fraction of sp³-hybridized carbons (Fsp3) is 0.863. The molecule has 11 unspecified atom stereocenters. The lowest BCUT2D eigenvalue weighted by molar-refractivity contribution is -0.332. The third-order valence-electron chi connectivity index (χ3n) is 12.1. The van der Waals surface area contributed by atoms with Crippen LogP contribution in [0.15, 0.2) is 36.5 Å². The predicted molar refractivity (Wildman–Crippen MR) is 252 cm³/mol. The lowest BCUT2D eigenvalue weighted by Crippen LogP contribution is -2.61. The molecule has 380 valence electrons. The van der Waals surface area contributed by atoms with Crippen molar-refractivity contribution in [1.29, 1.82) is 0 Å². The minimum absolute atomic E-state index is 0.0548. The van der Waals surface area contributed by atoms with Crippen molar-refractivity contribution >= 4 is 5.97 Å². The first-order valence-corrected chi connectivity index (χ1v) is 25.6. The number of aliphatic hydroxyl groups is 7. The number of hydrogen-bond acceptors (Lipinski definition) is 14. The Morgan fingerprint density at radius 1 is 0.508 bits per heavy atom. The molecule has 2 rings (SSSR count). The highest BCUT2D eigenvalue weighted by molar-refractivity contribution is 5.69. The monoisotopic (exact) mass is 929 g/mol. The molecule has 2 saturated heterocycles. The number of hydrogen-bond donors (Lipinski definition) is 7. The summed E-state index contributed by atoms with van der Waals surface area (Å²) in [6, 6.07) is 0. The van der Waals surface area contributed by atoms with Gasteiger partial charge in [0.05, 0.1) is 26.4 Å². The Morgan fingerprint density at radius 3 is 1.52 bits per heavy atom. The topological polar surface area (TPSA) is 214 Å². The number of allylic oxidation sites excluding steroid dienone is 6. The van der Waals surface area contributed by atoms with Crippen molar-refractivity contribution in [3.05, 3.63) is 36.5 Å². The smallest absolute Gasteiger partial charge is 0.306 e. The van der Waals surface area contributed by atoms with Crippen LogP contribution >= 0.6 is 0 Å². The van der Waals surface area contributed by atoms with Crippen molar-refractivity contribution in [2.24, 2.45) is 0 Å².